The zero-order valence-corrected chi connectivity index (χ0v) is 10.2. The number of rotatable bonds is 3. The van der Waals surface area contributed by atoms with Crippen molar-refractivity contribution in [3.63, 3.8) is 0 Å². The SMILES string of the molecule is CCC1CN(Cc2ncnn2C)CCCN1. The van der Waals surface area contributed by atoms with E-state index in [2.05, 4.69) is 27.2 Å². The van der Waals surface area contributed by atoms with Crippen molar-refractivity contribution in [1.82, 2.24) is 25.0 Å². The van der Waals surface area contributed by atoms with Crippen molar-refractivity contribution in [2.45, 2.75) is 32.4 Å². The summed E-state index contributed by atoms with van der Waals surface area (Å²) in [6, 6.07) is 0.621. The molecule has 16 heavy (non-hydrogen) atoms. The Morgan fingerprint density at radius 1 is 1.56 bits per heavy atom. The van der Waals surface area contributed by atoms with Crippen LogP contribution >= 0.6 is 0 Å². The molecule has 0 aliphatic carbocycles. The summed E-state index contributed by atoms with van der Waals surface area (Å²) in [5.74, 6) is 1.05. The minimum absolute atomic E-state index is 0.621. The van der Waals surface area contributed by atoms with Gasteiger partial charge in [0.25, 0.3) is 0 Å². The molecule has 1 aromatic rings. The average molecular weight is 223 g/mol. The van der Waals surface area contributed by atoms with Crippen LogP contribution in [0.3, 0.4) is 0 Å². The lowest BCUT2D eigenvalue weighted by Gasteiger charge is -2.22. The smallest absolute Gasteiger partial charge is 0.140 e. The molecule has 1 aliphatic rings. The first-order chi connectivity index (χ1) is 7.79. The van der Waals surface area contributed by atoms with Gasteiger partial charge in [-0.05, 0) is 25.9 Å². The molecule has 1 aromatic heterocycles. The Morgan fingerprint density at radius 2 is 2.44 bits per heavy atom. The summed E-state index contributed by atoms with van der Waals surface area (Å²) in [5, 5.41) is 7.68. The zero-order chi connectivity index (χ0) is 11.4. The molecule has 5 nitrogen and oxygen atoms in total. The van der Waals surface area contributed by atoms with Gasteiger partial charge in [0.15, 0.2) is 0 Å². The number of aromatic nitrogens is 3. The molecule has 1 N–H and O–H groups in total. The van der Waals surface area contributed by atoms with Gasteiger partial charge in [-0.3, -0.25) is 9.58 Å². The second kappa shape index (κ2) is 5.41. The molecule has 1 aliphatic heterocycles. The van der Waals surface area contributed by atoms with Crippen LogP contribution in [0.1, 0.15) is 25.6 Å². The molecule has 2 heterocycles. The Kier molecular flexibility index (Phi) is 3.90. The van der Waals surface area contributed by atoms with Gasteiger partial charge < -0.3 is 5.32 Å². The van der Waals surface area contributed by atoms with Crippen molar-refractivity contribution in [2.24, 2.45) is 7.05 Å². The Balaban J connectivity index is 1.95. The Hall–Kier alpha value is -0.940. The highest BCUT2D eigenvalue weighted by Gasteiger charge is 2.17. The molecular weight excluding hydrogens is 202 g/mol. The first-order valence-electron chi connectivity index (χ1n) is 6.08. The molecule has 0 aromatic carbocycles. The van der Waals surface area contributed by atoms with E-state index < -0.39 is 0 Å². The molecule has 2 rings (SSSR count). The largest absolute Gasteiger partial charge is 0.313 e. The molecule has 0 spiro atoms. The highest BCUT2D eigenvalue weighted by atomic mass is 15.3. The lowest BCUT2D eigenvalue weighted by Crippen LogP contribution is -2.37. The Morgan fingerprint density at radius 3 is 3.12 bits per heavy atom. The van der Waals surface area contributed by atoms with E-state index in [1.165, 1.54) is 12.8 Å². The van der Waals surface area contributed by atoms with E-state index in [-0.39, 0.29) is 0 Å². The Bertz CT molecular complexity index is 322. The van der Waals surface area contributed by atoms with E-state index in [0.29, 0.717) is 6.04 Å². The van der Waals surface area contributed by atoms with Gasteiger partial charge in [-0.1, -0.05) is 6.92 Å². The van der Waals surface area contributed by atoms with Gasteiger partial charge in [0.05, 0.1) is 6.54 Å². The third-order valence-corrected chi connectivity index (χ3v) is 3.23. The van der Waals surface area contributed by atoms with Crippen molar-refractivity contribution < 1.29 is 0 Å². The quantitative estimate of drug-likeness (QED) is 0.805. The minimum Gasteiger partial charge on any atom is -0.313 e. The second-order valence-corrected chi connectivity index (χ2v) is 4.45. The van der Waals surface area contributed by atoms with Gasteiger partial charge in [-0.2, -0.15) is 5.10 Å². The fourth-order valence-electron chi connectivity index (χ4n) is 2.16. The van der Waals surface area contributed by atoms with E-state index in [9.17, 15) is 0 Å². The van der Waals surface area contributed by atoms with Gasteiger partial charge in [-0.25, -0.2) is 4.98 Å². The lowest BCUT2D eigenvalue weighted by molar-refractivity contribution is 0.248. The molecular formula is C11H21N5. The molecule has 0 radical (unpaired) electrons. The van der Waals surface area contributed by atoms with Crippen molar-refractivity contribution >= 4 is 0 Å². The van der Waals surface area contributed by atoms with Crippen LogP contribution in [-0.4, -0.2) is 45.3 Å². The van der Waals surface area contributed by atoms with Crippen LogP contribution < -0.4 is 5.32 Å². The van der Waals surface area contributed by atoms with Crippen LogP contribution in [0.5, 0.6) is 0 Å². The number of nitrogens with one attached hydrogen (secondary N) is 1. The summed E-state index contributed by atoms with van der Waals surface area (Å²) in [4.78, 5) is 6.75. The third-order valence-electron chi connectivity index (χ3n) is 3.23. The van der Waals surface area contributed by atoms with E-state index in [4.69, 9.17) is 0 Å². The van der Waals surface area contributed by atoms with Gasteiger partial charge >= 0.3 is 0 Å². The lowest BCUT2D eigenvalue weighted by atomic mass is 10.2. The number of nitrogens with zero attached hydrogens (tertiary/aromatic N) is 4. The Labute approximate surface area is 96.8 Å². The normalized spacial score (nSPS) is 23.2. The summed E-state index contributed by atoms with van der Waals surface area (Å²) < 4.78 is 1.86. The molecule has 90 valence electrons. The topological polar surface area (TPSA) is 46.0 Å². The molecule has 0 amide bonds. The van der Waals surface area contributed by atoms with E-state index in [1.54, 1.807) is 6.33 Å². The summed E-state index contributed by atoms with van der Waals surface area (Å²) in [5.41, 5.74) is 0. The summed E-state index contributed by atoms with van der Waals surface area (Å²) in [6.07, 6.45) is 4.03. The second-order valence-electron chi connectivity index (χ2n) is 4.45. The van der Waals surface area contributed by atoms with Crippen molar-refractivity contribution in [2.75, 3.05) is 19.6 Å². The van der Waals surface area contributed by atoms with Gasteiger partial charge in [0, 0.05) is 19.6 Å². The van der Waals surface area contributed by atoms with Crippen LogP contribution in [0.25, 0.3) is 0 Å². The predicted octanol–water partition coefficient (Wildman–Crippen LogP) is 0.389. The van der Waals surface area contributed by atoms with Gasteiger partial charge in [-0.15, -0.1) is 0 Å². The maximum atomic E-state index is 4.28. The number of aryl methyl sites for hydroxylation is 1. The maximum absolute atomic E-state index is 4.28. The van der Waals surface area contributed by atoms with Crippen LogP contribution in [0, 0.1) is 0 Å². The molecule has 0 bridgehead atoms. The molecule has 0 saturated carbocycles. The highest BCUT2D eigenvalue weighted by Crippen LogP contribution is 2.07. The number of hydrogen-bond acceptors (Lipinski definition) is 4. The fraction of sp³-hybridized carbons (Fsp3) is 0.818. The molecule has 5 heteroatoms. The first kappa shape index (κ1) is 11.5. The zero-order valence-electron chi connectivity index (χ0n) is 10.2. The van der Waals surface area contributed by atoms with Crippen LogP contribution in [0.15, 0.2) is 6.33 Å². The van der Waals surface area contributed by atoms with Crippen LogP contribution in [0.2, 0.25) is 0 Å². The van der Waals surface area contributed by atoms with Crippen LogP contribution in [0.4, 0.5) is 0 Å². The fourth-order valence-corrected chi connectivity index (χ4v) is 2.16. The average Bonchev–Trinajstić information content (AvgIpc) is 2.55. The monoisotopic (exact) mass is 223 g/mol. The van der Waals surface area contributed by atoms with Crippen molar-refractivity contribution in [3.8, 4) is 0 Å². The summed E-state index contributed by atoms with van der Waals surface area (Å²) in [7, 11) is 1.95. The molecule has 1 saturated heterocycles. The summed E-state index contributed by atoms with van der Waals surface area (Å²) >= 11 is 0. The van der Waals surface area contributed by atoms with Crippen LogP contribution in [-0.2, 0) is 13.6 Å². The summed E-state index contributed by atoms with van der Waals surface area (Å²) in [6.45, 7) is 6.55. The van der Waals surface area contributed by atoms with Gasteiger partial charge in [0.1, 0.15) is 12.2 Å². The molecule has 1 unspecified atom stereocenters. The highest BCUT2D eigenvalue weighted by molar-refractivity contribution is 4.85. The number of hydrogen-bond donors (Lipinski definition) is 1. The maximum Gasteiger partial charge on any atom is 0.140 e. The van der Waals surface area contributed by atoms with E-state index in [0.717, 1.165) is 32.0 Å². The van der Waals surface area contributed by atoms with E-state index >= 15 is 0 Å². The van der Waals surface area contributed by atoms with Crippen molar-refractivity contribution in [3.05, 3.63) is 12.2 Å². The van der Waals surface area contributed by atoms with Crippen molar-refractivity contribution in [1.29, 1.82) is 0 Å². The standard InChI is InChI=1S/C11H21N5/c1-3-10-7-16(6-4-5-12-10)8-11-13-9-14-15(11)2/h9-10,12H,3-8H2,1-2H3. The van der Waals surface area contributed by atoms with Gasteiger partial charge in [0.2, 0.25) is 0 Å². The first-order valence-corrected chi connectivity index (χ1v) is 6.08. The predicted molar refractivity (Wildman–Crippen MR) is 63.0 cm³/mol. The van der Waals surface area contributed by atoms with E-state index in [1.807, 2.05) is 11.7 Å². The minimum atomic E-state index is 0.621. The molecule has 1 atom stereocenters. The third kappa shape index (κ3) is 2.80. The molecule has 1 fully saturated rings.